The number of likely N-dealkylation sites (tertiary alicyclic amines) is 1. The second-order valence-electron chi connectivity index (χ2n) is 9.08. The molecular formula is C24H33ClN4O3S. The van der Waals surface area contributed by atoms with Crippen LogP contribution in [0.3, 0.4) is 0 Å². The molecular weight excluding hydrogens is 460 g/mol. The maximum absolute atomic E-state index is 13.4. The lowest BCUT2D eigenvalue weighted by atomic mass is 10.0. The minimum atomic E-state index is -0.730. The molecule has 1 aromatic carbocycles. The molecule has 0 aliphatic carbocycles. The molecule has 2 aliphatic rings. The van der Waals surface area contributed by atoms with Gasteiger partial charge >= 0.3 is 0 Å². The third-order valence-corrected chi connectivity index (χ3v) is 8.26. The zero-order chi connectivity index (χ0) is 23.5. The van der Waals surface area contributed by atoms with E-state index in [9.17, 15) is 9.59 Å². The van der Waals surface area contributed by atoms with Crippen molar-refractivity contribution in [1.29, 1.82) is 0 Å². The molecule has 1 aromatic heterocycles. The molecule has 0 unspecified atom stereocenters. The lowest BCUT2D eigenvalue weighted by molar-refractivity contribution is -0.138. The minimum absolute atomic E-state index is 0.0788. The van der Waals surface area contributed by atoms with E-state index in [0.717, 1.165) is 36.3 Å². The lowest BCUT2D eigenvalue weighted by Crippen LogP contribution is -2.59. The zero-order valence-corrected chi connectivity index (χ0v) is 21.1. The molecule has 0 spiro atoms. The fourth-order valence-electron chi connectivity index (χ4n) is 4.71. The van der Waals surface area contributed by atoms with Crippen molar-refractivity contribution in [2.75, 3.05) is 53.4 Å². The SMILES string of the molecule is CO[C@H](C)[C@@H](NC(=O)c1cc2ccc(Cl)cc2s1)C(=O)N1CCN(C2CCN(C)CC2)CC1. The number of nitrogens with one attached hydrogen (secondary N) is 1. The maximum Gasteiger partial charge on any atom is 0.262 e. The van der Waals surface area contributed by atoms with Crippen LogP contribution >= 0.6 is 22.9 Å². The predicted octanol–water partition coefficient (Wildman–Crippen LogP) is 2.93. The summed E-state index contributed by atoms with van der Waals surface area (Å²) in [4.78, 5) is 33.8. The van der Waals surface area contributed by atoms with Crippen molar-refractivity contribution in [1.82, 2.24) is 20.0 Å². The van der Waals surface area contributed by atoms with E-state index in [1.807, 2.05) is 36.1 Å². The van der Waals surface area contributed by atoms with Gasteiger partial charge in [-0.1, -0.05) is 17.7 Å². The highest BCUT2D eigenvalue weighted by molar-refractivity contribution is 7.20. The molecule has 4 rings (SSSR count). The van der Waals surface area contributed by atoms with Gasteiger partial charge in [0, 0.05) is 49.1 Å². The fourth-order valence-corrected chi connectivity index (χ4v) is 5.95. The molecule has 7 nitrogen and oxygen atoms in total. The fraction of sp³-hybridized carbons (Fsp3) is 0.583. The number of ether oxygens (including phenoxy) is 1. The normalized spacial score (nSPS) is 20.7. The van der Waals surface area contributed by atoms with Crippen molar-refractivity contribution >= 4 is 44.8 Å². The second-order valence-corrected chi connectivity index (χ2v) is 10.6. The molecule has 2 aromatic rings. The molecule has 0 saturated carbocycles. The third-order valence-electron chi connectivity index (χ3n) is 6.93. The Balaban J connectivity index is 1.39. The smallest absolute Gasteiger partial charge is 0.262 e. The van der Waals surface area contributed by atoms with Gasteiger partial charge in [-0.2, -0.15) is 0 Å². The van der Waals surface area contributed by atoms with Gasteiger partial charge in [-0.25, -0.2) is 0 Å². The number of benzene rings is 1. The number of amides is 2. The average Bonchev–Trinajstić information content (AvgIpc) is 3.25. The zero-order valence-electron chi connectivity index (χ0n) is 19.6. The topological polar surface area (TPSA) is 65.1 Å². The number of nitrogens with zero attached hydrogens (tertiary/aromatic N) is 3. The third kappa shape index (κ3) is 5.69. The maximum atomic E-state index is 13.4. The van der Waals surface area contributed by atoms with Gasteiger partial charge in [-0.3, -0.25) is 14.5 Å². The van der Waals surface area contributed by atoms with E-state index >= 15 is 0 Å². The first kappa shape index (κ1) is 24.4. The van der Waals surface area contributed by atoms with Crippen LogP contribution < -0.4 is 5.32 Å². The van der Waals surface area contributed by atoms with Gasteiger partial charge in [-0.05, 0) is 63.5 Å². The number of halogens is 1. The lowest BCUT2D eigenvalue weighted by Gasteiger charge is -2.43. The molecule has 33 heavy (non-hydrogen) atoms. The summed E-state index contributed by atoms with van der Waals surface area (Å²) in [5.41, 5.74) is 0. The highest BCUT2D eigenvalue weighted by Crippen LogP contribution is 2.28. The standard InChI is InChI=1S/C24H33ClN4O3S/c1-16(32-3)22(26-23(30)21-14-17-4-5-18(25)15-20(17)33-21)24(31)29-12-10-28(11-13-29)19-6-8-27(2)9-7-19/h4-5,14-16,19,22H,6-13H2,1-3H3,(H,26,30)/t16-,22-/m1/s1. The Labute approximate surface area is 204 Å². The Bertz CT molecular complexity index is 983. The van der Waals surface area contributed by atoms with Crippen molar-refractivity contribution < 1.29 is 14.3 Å². The molecule has 2 amide bonds. The van der Waals surface area contributed by atoms with Crippen molar-refractivity contribution in [3.8, 4) is 0 Å². The Kier molecular flexibility index (Phi) is 7.91. The second kappa shape index (κ2) is 10.7. The van der Waals surface area contributed by atoms with Crippen LogP contribution in [-0.4, -0.2) is 98.1 Å². The van der Waals surface area contributed by atoms with E-state index in [2.05, 4.69) is 22.2 Å². The number of rotatable bonds is 6. The number of hydrogen-bond donors (Lipinski definition) is 1. The molecule has 0 radical (unpaired) electrons. The molecule has 2 saturated heterocycles. The number of carbonyl (C=O) groups excluding carboxylic acids is 2. The largest absolute Gasteiger partial charge is 0.379 e. The van der Waals surface area contributed by atoms with Crippen LogP contribution in [0.5, 0.6) is 0 Å². The van der Waals surface area contributed by atoms with Gasteiger partial charge in [0.25, 0.3) is 5.91 Å². The molecule has 9 heteroatoms. The van der Waals surface area contributed by atoms with Crippen LogP contribution in [0, 0.1) is 0 Å². The molecule has 2 atom stereocenters. The molecule has 0 bridgehead atoms. The Morgan fingerprint density at radius 1 is 1.12 bits per heavy atom. The summed E-state index contributed by atoms with van der Waals surface area (Å²) >= 11 is 7.45. The Hall–Kier alpha value is -1.71. The molecule has 1 N–H and O–H groups in total. The van der Waals surface area contributed by atoms with Gasteiger partial charge in [0.05, 0.1) is 11.0 Å². The summed E-state index contributed by atoms with van der Waals surface area (Å²) < 4.78 is 6.42. The van der Waals surface area contributed by atoms with Crippen molar-refractivity contribution in [3.05, 3.63) is 34.2 Å². The van der Waals surface area contributed by atoms with Gasteiger partial charge in [0.15, 0.2) is 0 Å². The summed E-state index contributed by atoms with van der Waals surface area (Å²) in [5, 5.41) is 4.54. The van der Waals surface area contributed by atoms with Crippen molar-refractivity contribution in [2.24, 2.45) is 0 Å². The van der Waals surface area contributed by atoms with Gasteiger partial charge in [-0.15, -0.1) is 11.3 Å². The summed E-state index contributed by atoms with van der Waals surface area (Å²) in [6.07, 6.45) is 1.94. The number of hydrogen-bond acceptors (Lipinski definition) is 6. The summed E-state index contributed by atoms with van der Waals surface area (Å²) in [7, 11) is 3.74. The van der Waals surface area contributed by atoms with E-state index in [0.29, 0.717) is 29.0 Å². The average molecular weight is 493 g/mol. The van der Waals surface area contributed by atoms with E-state index in [1.54, 1.807) is 7.11 Å². The van der Waals surface area contributed by atoms with Crippen LogP contribution in [0.1, 0.15) is 29.4 Å². The summed E-state index contributed by atoms with van der Waals surface area (Å²) in [6.45, 7) is 7.19. The van der Waals surface area contributed by atoms with Crippen LogP contribution in [0.15, 0.2) is 24.3 Å². The molecule has 180 valence electrons. The van der Waals surface area contributed by atoms with Crippen molar-refractivity contribution in [3.63, 3.8) is 0 Å². The number of piperidine rings is 1. The van der Waals surface area contributed by atoms with E-state index in [-0.39, 0.29) is 11.8 Å². The van der Waals surface area contributed by atoms with Crippen LogP contribution in [0.25, 0.3) is 10.1 Å². The summed E-state index contributed by atoms with van der Waals surface area (Å²) in [5.74, 6) is -0.343. The Morgan fingerprint density at radius 2 is 1.82 bits per heavy atom. The van der Waals surface area contributed by atoms with Crippen LogP contribution in [0.4, 0.5) is 0 Å². The molecule has 2 aliphatic heterocycles. The number of carbonyl (C=O) groups is 2. The van der Waals surface area contributed by atoms with Gasteiger partial charge in [0.2, 0.25) is 5.91 Å². The van der Waals surface area contributed by atoms with Crippen LogP contribution in [0.2, 0.25) is 5.02 Å². The first-order valence-electron chi connectivity index (χ1n) is 11.6. The first-order valence-corrected chi connectivity index (χ1v) is 12.8. The van der Waals surface area contributed by atoms with Crippen LogP contribution in [-0.2, 0) is 9.53 Å². The van der Waals surface area contributed by atoms with Crippen molar-refractivity contribution in [2.45, 2.75) is 38.0 Å². The summed E-state index contributed by atoms with van der Waals surface area (Å²) in [6, 6.07) is 7.27. The monoisotopic (exact) mass is 492 g/mol. The molecule has 2 fully saturated rings. The Morgan fingerprint density at radius 3 is 2.48 bits per heavy atom. The highest BCUT2D eigenvalue weighted by atomic mass is 35.5. The number of thiophene rings is 1. The van der Waals surface area contributed by atoms with Gasteiger partial charge in [0.1, 0.15) is 6.04 Å². The quantitative estimate of drug-likeness (QED) is 0.671. The number of piperazine rings is 1. The van der Waals surface area contributed by atoms with E-state index < -0.39 is 12.1 Å². The van der Waals surface area contributed by atoms with Gasteiger partial charge < -0.3 is 19.9 Å². The minimum Gasteiger partial charge on any atom is -0.379 e. The number of methoxy groups -OCH3 is 1. The molecule has 3 heterocycles. The highest BCUT2D eigenvalue weighted by Gasteiger charge is 2.34. The number of fused-ring (bicyclic) bond motifs is 1. The van der Waals surface area contributed by atoms with E-state index in [4.69, 9.17) is 16.3 Å². The van der Waals surface area contributed by atoms with E-state index in [1.165, 1.54) is 24.2 Å². The first-order chi connectivity index (χ1) is 15.9. The predicted molar refractivity (Wildman–Crippen MR) is 133 cm³/mol.